The number of carbonyl (C=O) groups excluding carboxylic acids is 1. The van der Waals surface area contributed by atoms with Crippen LogP contribution in [0.25, 0.3) is 0 Å². The van der Waals surface area contributed by atoms with Gasteiger partial charge in [-0.15, -0.1) is 11.8 Å². The maximum atomic E-state index is 12.4. The van der Waals surface area contributed by atoms with Crippen molar-refractivity contribution in [1.82, 2.24) is 0 Å². The van der Waals surface area contributed by atoms with Crippen LogP contribution in [0.3, 0.4) is 0 Å². The Morgan fingerprint density at radius 1 is 1.15 bits per heavy atom. The quantitative estimate of drug-likeness (QED) is 0.779. The zero-order valence-electron chi connectivity index (χ0n) is 11.2. The number of amides is 1. The normalized spacial score (nSPS) is 10.3. The number of hydrogen-bond donors (Lipinski definition) is 1. The summed E-state index contributed by atoms with van der Waals surface area (Å²) in [5, 5.41) is 3.40. The first-order chi connectivity index (χ1) is 9.72. The summed E-state index contributed by atoms with van der Waals surface area (Å²) in [6, 6.07) is 14.9. The summed E-state index contributed by atoms with van der Waals surface area (Å²) in [6.07, 6.45) is 1.07. The summed E-state index contributed by atoms with van der Waals surface area (Å²) in [7, 11) is 0. The van der Waals surface area contributed by atoms with E-state index in [1.165, 1.54) is 0 Å². The van der Waals surface area contributed by atoms with Crippen LogP contribution in [0, 0.1) is 0 Å². The number of para-hydroxylation sites is 1. The highest BCUT2D eigenvalue weighted by Gasteiger charge is 2.12. The molecule has 0 atom stereocenters. The molecule has 20 heavy (non-hydrogen) atoms. The summed E-state index contributed by atoms with van der Waals surface area (Å²) < 4.78 is 0. The van der Waals surface area contributed by atoms with Crippen molar-refractivity contribution in [3.63, 3.8) is 0 Å². The highest BCUT2D eigenvalue weighted by molar-refractivity contribution is 7.99. The number of anilines is 1. The minimum Gasteiger partial charge on any atom is -0.321 e. The minimum absolute atomic E-state index is 0.127. The van der Waals surface area contributed by atoms with Crippen molar-refractivity contribution < 1.29 is 4.79 Å². The molecule has 0 bridgehead atoms. The lowest BCUT2D eigenvalue weighted by Gasteiger charge is -2.10. The Labute approximate surface area is 128 Å². The first-order valence-electron chi connectivity index (χ1n) is 6.50. The third-order valence-electron chi connectivity index (χ3n) is 2.72. The average molecular weight is 306 g/mol. The minimum atomic E-state index is -0.127. The molecule has 0 saturated carbocycles. The van der Waals surface area contributed by atoms with Gasteiger partial charge in [-0.3, -0.25) is 4.79 Å². The van der Waals surface area contributed by atoms with Crippen LogP contribution in [0.1, 0.15) is 23.7 Å². The monoisotopic (exact) mass is 305 g/mol. The molecule has 0 heterocycles. The van der Waals surface area contributed by atoms with Crippen molar-refractivity contribution in [2.24, 2.45) is 0 Å². The van der Waals surface area contributed by atoms with Crippen LogP contribution in [-0.2, 0) is 0 Å². The molecular weight excluding hydrogens is 290 g/mol. The topological polar surface area (TPSA) is 29.1 Å². The number of carbonyl (C=O) groups is 1. The molecule has 2 aromatic rings. The van der Waals surface area contributed by atoms with E-state index < -0.39 is 0 Å². The van der Waals surface area contributed by atoms with E-state index in [9.17, 15) is 4.79 Å². The van der Waals surface area contributed by atoms with Gasteiger partial charge >= 0.3 is 0 Å². The second-order valence-corrected chi connectivity index (χ2v) is 5.82. The van der Waals surface area contributed by atoms with Crippen LogP contribution < -0.4 is 5.32 Å². The second kappa shape index (κ2) is 7.36. The SMILES string of the molecule is CCCSc1ccccc1C(=O)Nc1ccccc1Cl. The Balaban J connectivity index is 2.19. The molecule has 0 aliphatic carbocycles. The second-order valence-electron chi connectivity index (χ2n) is 4.28. The largest absolute Gasteiger partial charge is 0.321 e. The number of thioether (sulfide) groups is 1. The lowest BCUT2D eigenvalue weighted by Crippen LogP contribution is -2.13. The third kappa shape index (κ3) is 3.78. The van der Waals surface area contributed by atoms with E-state index in [1.54, 1.807) is 23.9 Å². The fourth-order valence-corrected chi connectivity index (χ4v) is 2.84. The number of hydrogen-bond acceptors (Lipinski definition) is 2. The standard InChI is InChI=1S/C16H16ClNOS/c1-2-11-20-15-10-6-3-7-12(15)16(19)18-14-9-5-4-8-13(14)17/h3-10H,2,11H2,1H3,(H,18,19). The van der Waals surface area contributed by atoms with Gasteiger partial charge in [0.05, 0.1) is 16.3 Å². The van der Waals surface area contributed by atoms with E-state index >= 15 is 0 Å². The molecule has 0 spiro atoms. The van der Waals surface area contributed by atoms with E-state index in [4.69, 9.17) is 11.6 Å². The van der Waals surface area contributed by atoms with Gasteiger partial charge < -0.3 is 5.32 Å². The number of benzene rings is 2. The van der Waals surface area contributed by atoms with Crippen LogP contribution >= 0.6 is 23.4 Å². The maximum Gasteiger partial charge on any atom is 0.256 e. The van der Waals surface area contributed by atoms with Crippen LogP contribution in [0.4, 0.5) is 5.69 Å². The predicted molar refractivity (Wildman–Crippen MR) is 86.9 cm³/mol. The van der Waals surface area contributed by atoms with Crippen molar-refractivity contribution in [2.45, 2.75) is 18.2 Å². The van der Waals surface area contributed by atoms with Gasteiger partial charge in [-0.25, -0.2) is 0 Å². The predicted octanol–water partition coefficient (Wildman–Crippen LogP) is 5.09. The molecule has 104 valence electrons. The fraction of sp³-hybridized carbons (Fsp3) is 0.188. The number of rotatable bonds is 5. The van der Waals surface area contributed by atoms with Crippen molar-refractivity contribution >= 4 is 35.0 Å². The van der Waals surface area contributed by atoms with Gasteiger partial charge in [-0.2, -0.15) is 0 Å². The lowest BCUT2D eigenvalue weighted by molar-refractivity contribution is 0.102. The van der Waals surface area contributed by atoms with E-state index in [2.05, 4.69) is 12.2 Å². The van der Waals surface area contributed by atoms with Crippen molar-refractivity contribution in [3.8, 4) is 0 Å². The summed E-state index contributed by atoms with van der Waals surface area (Å²) in [5.41, 5.74) is 1.32. The number of halogens is 1. The van der Waals surface area contributed by atoms with Crippen molar-refractivity contribution in [3.05, 3.63) is 59.1 Å². The van der Waals surface area contributed by atoms with E-state index in [0.717, 1.165) is 17.1 Å². The Morgan fingerprint density at radius 3 is 2.60 bits per heavy atom. The molecule has 2 aromatic carbocycles. The summed E-state index contributed by atoms with van der Waals surface area (Å²) in [4.78, 5) is 13.4. The smallest absolute Gasteiger partial charge is 0.256 e. The Hall–Kier alpha value is -1.45. The molecule has 2 rings (SSSR count). The van der Waals surface area contributed by atoms with Crippen LogP contribution in [0.2, 0.25) is 5.02 Å². The van der Waals surface area contributed by atoms with E-state index in [1.807, 2.05) is 36.4 Å². The van der Waals surface area contributed by atoms with Gasteiger partial charge in [-0.1, -0.05) is 42.8 Å². The molecule has 0 aliphatic heterocycles. The van der Waals surface area contributed by atoms with Gasteiger partial charge in [-0.05, 0) is 36.4 Å². The zero-order chi connectivity index (χ0) is 14.4. The first kappa shape index (κ1) is 14.9. The van der Waals surface area contributed by atoms with Crippen molar-refractivity contribution in [2.75, 3.05) is 11.1 Å². The van der Waals surface area contributed by atoms with Gasteiger partial charge in [0.25, 0.3) is 5.91 Å². The Kier molecular flexibility index (Phi) is 5.50. The molecule has 0 aromatic heterocycles. The highest BCUT2D eigenvalue weighted by Crippen LogP contribution is 2.26. The van der Waals surface area contributed by atoms with Gasteiger partial charge in [0.1, 0.15) is 0 Å². The fourth-order valence-electron chi connectivity index (χ4n) is 1.74. The molecule has 1 amide bonds. The lowest BCUT2D eigenvalue weighted by atomic mass is 10.2. The molecule has 0 unspecified atom stereocenters. The molecule has 2 nitrogen and oxygen atoms in total. The summed E-state index contributed by atoms with van der Waals surface area (Å²) in [6.45, 7) is 2.12. The Morgan fingerprint density at radius 2 is 1.85 bits per heavy atom. The third-order valence-corrected chi connectivity index (χ3v) is 4.32. The van der Waals surface area contributed by atoms with E-state index in [0.29, 0.717) is 16.3 Å². The number of nitrogens with one attached hydrogen (secondary N) is 1. The molecule has 4 heteroatoms. The molecular formula is C16H16ClNOS. The Bertz CT molecular complexity index is 601. The van der Waals surface area contributed by atoms with Gasteiger partial charge in [0, 0.05) is 4.90 Å². The molecule has 0 saturated heterocycles. The van der Waals surface area contributed by atoms with E-state index in [-0.39, 0.29) is 5.91 Å². The molecule has 0 radical (unpaired) electrons. The van der Waals surface area contributed by atoms with Gasteiger partial charge in [0.15, 0.2) is 0 Å². The average Bonchev–Trinajstić information content (AvgIpc) is 2.47. The van der Waals surface area contributed by atoms with Crippen LogP contribution in [-0.4, -0.2) is 11.7 Å². The zero-order valence-corrected chi connectivity index (χ0v) is 12.8. The maximum absolute atomic E-state index is 12.4. The van der Waals surface area contributed by atoms with Crippen LogP contribution in [0.5, 0.6) is 0 Å². The van der Waals surface area contributed by atoms with Crippen molar-refractivity contribution in [1.29, 1.82) is 0 Å². The summed E-state index contributed by atoms with van der Waals surface area (Å²) >= 11 is 7.76. The van der Waals surface area contributed by atoms with Gasteiger partial charge in [0.2, 0.25) is 0 Å². The molecule has 1 N–H and O–H groups in total. The molecule has 0 fully saturated rings. The summed E-state index contributed by atoms with van der Waals surface area (Å²) in [5.74, 6) is 0.869. The first-order valence-corrected chi connectivity index (χ1v) is 7.86. The molecule has 0 aliphatic rings. The van der Waals surface area contributed by atoms with Crippen LogP contribution in [0.15, 0.2) is 53.4 Å². The highest BCUT2D eigenvalue weighted by atomic mass is 35.5.